The Morgan fingerprint density at radius 3 is 2.22 bits per heavy atom. The minimum atomic E-state index is -2.04. The summed E-state index contributed by atoms with van der Waals surface area (Å²) in [6.45, 7) is 24.0. The number of carbonyl (C=O) groups excluding carboxylic acids is 2. The molecule has 1 heterocycles. The molecule has 0 spiro atoms. The standard InChI is InChI=1S/C40H65NO8Si/c1-12-23-46-32(27-48-50(10,11)40(5,6)7)26-47-35-25-31(24-34(44-8)37(35)45-9)36(30-19-15-14-16-20-30)38(42)41-22-18-17-21-33(41)39(43)49-29(4)28(3)13-2/h12-13,24-25,28-30,32-33,36H,1-2,14-23,26-27H2,3-11H3/t28-,29+,32+,33-,36-/m0/s1. The highest BCUT2D eigenvalue weighted by molar-refractivity contribution is 6.74. The molecule has 1 aliphatic carbocycles. The van der Waals surface area contributed by atoms with Crippen LogP contribution in [0.4, 0.5) is 0 Å². The third-order valence-electron chi connectivity index (χ3n) is 11.0. The average molecular weight is 716 g/mol. The molecule has 2 aliphatic rings. The molecule has 0 unspecified atom stereocenters. The lowest BCUT2D eigenvalue weighted by atomic mass is 9.75. The highest BCUT2D eigenvalue weighted by Crippen LogP contribution is 2.45. The summed E-state index contributed by atoms with van der Waals surface area (Å²) in [6.07, 6.45) is 10.2. The largest absolute Gasteiger partial charge is 0.493 e. The van der Waals surface area contributed by atoms with Gasteiger partial charge >= 0.3 is 5.97 Å². The van der Waals surface area contributed by atoms with E-state index in [1.165, 1.54) is 0 Å². The molecule has 0 radical (unpaired) electrons. The van der Waals surface area contributed by atoms with Crippen molar-refractivity contribution >= 4 is 20.2 Å². The number of carbonyl (C=O) groups is 2. The van der Waals surface area contributed by atoms with Crippen LogP contribution in [0.2, 0.25) is 18.1 Å². The lowest BCUT2D eigenvalue weighted by Gasteiger charge is -2.40. The summed E-state index contributed by atoms with van der Waals surface area (Å²) in [6, 6.07) is 3.20. The van der Waals surface area contributed by atoms with Crippen molar-refractivity contribution in [2.24, 2.45) is 11.8 Å². The van der Waals surface area contributed by atoms with Crippen LogP contribution in [0.5, 0.6) is 17.2 Å². The van der Waals surface area contributed by atoms with Crippen molar-refractivity contribution in [3.8, 4) is 17.2 Å². The van der Waals surface area contributed by atoms with Crippen molar-refractivity contribution in [2.45, 2.75) is 128 Å². The van der Waals surface area contributed by atoms with Crippen LogP contribution in [-0.2, 0) is 23.5 Å². The number of nitrogens with zero attached hydrogens (tertiary/aromatic N) is 1. The van der Waals surface area contributed by atoms with Crippen molar-refractivity contribution in [3.05, 3.63) is 43.0 Å². The Morgan fingerprint density at radius 1 is 0.960 bits per heavy atom. The number of rotatable bonds is 18. The van der Waals surface area contributed by atoms with Gasteiger partial charge in [0.25, 0.3) is 0 Å². The summed E-state index contributed by atoms with van der Waals surface area (Å²) in [5, 5.41) is 0.0504. The highest BCUT2D eigenvalue weighted by Gasteiger charge is 2.42. The van der Waals surface area contributed by atoms with Crippen molar-refractivity contribution in [1.29, 1.82) is 0 Å². The number of likely N-dealkylation sites (tertiary alicyclic amines) is 1. The minimum Gasteiger partial charge on any atom is -0.493 e. The van der Waals surface area contributed by atoms with Crippen molar-refractivity contribution < 1.29 is 37.7 Å². The van der Waals surface area contributed by atoms with E-state index in [9.17, 15) is 9.59 Å². The van der Waals surface area contributed by atoms with Crippen molar-refractivity contribution in [2.75, 3.05) is 40.6 Å². The summed E-state index contributed by atoms with van der Waals surface area (Å²) in [5.41, 5.74) is 0.793. The van der Waals surface area contributed by atoms with E-state index in [-0.39, 0.29) is 47.6 Å². The first-order chi connectivity index (χ1) is 23.7. The van der Waals surface area contributed by atoms with Gasteiger partial charge in [0.05, 0.1) is 33.4 Å². The number of hydrogen-bond acceptors (Lipinski definition) is 8. The molecule has 0 bridgehead atoms. The molecule has 282 valence electrons. The zero-order chi connectivity index (χ0) is 37.1. The van der Waals surface area contributed by atoms with Crippen LogP contribution in [0.3, 0.4) is 0 Å². The van der Waals surface area contributed by atoms with E-state index in [4.69, 9.17) is 28.1 Å². The summed E-state index contributed by atoms with van der Waals surface area (Å²) >= 11 is 0. The zero-order valence-corrected chi connectivity index (χ0v) is 33.4. The van der Waals surface area contributed by atoms with E-state index in [1.807, 2.05) is 26.0 Å². The van der Waals surface area contributed by atoms with Crippen LogP contribution in [0.25, 0.3) is 0 Å². The Bertz CT molecular complexity index is 1270. The lowest BCUT2D eigenvalue weighted by Crippen LogP contribution is -2.51. The first-order valence-electron chi connectivity index (χ1n) is 18.6. The molecule has 9 nitrogen and oxygen atoms in total. The minimum absolute atomic E-state index is 0.00671. The van der Waals surface area contributed by atoms with E-state index < -0.39 is 20.3 Å². The monoisotopic (exact) mass is 715 g/mol. The Labute approximate surface area is 303 Å². The molecule has 1 saturated carbocycles. The van der Waals surface area contributed by atoms with Crippen LogP contribution < -0.4 is 14.2 Å². The summed E-state index contributed by atoms with van der Waals surface area (Å²) < 4.78 is 36.6. The van der Waals surface area contributed by atoms with Crippen LogP contribution in [0.1, 0.15) is 97.5 Å². The molecule has 1 aromatic rings. The van der Waals surface area contributed by atoms with Gasteiger partial charge in [0, 0.05) is 12.5 Å². The third-order valence-corrected chi connectivity index (χ3v) is 15.5. The molecule has 50 heavy (non-hydrogen) atoms. The van der Waals surface area contributed by atoms with Gasteiger partial charge in [-0.3, -0.25) is 4.79 Å². The molecule has 10 heteroatoms. The number of hydrogen-bond donors (Lipinski definition) is 0. The Hall–Kier alpha value is -2.82. The van der Waals surface area contributed by atoms with Gasteiger partial charge in [-0.25, -0.2) is 4.79 Å². The van der Waals surface area contributed by atoms with Crippen LogP contribution in [0, 0.1) is 11.8 Å². The van der Waals surface area contributed by atoms with Crippen LogP contribution in [0.15, 0.2) is 37.4 Å². The molecule has 3 rings (SSSR count). The second-order valence-electron chi connectivity index (χ2n) is 15.5. The SMILES string of the molecule is C=CCO[C@H](COc1cc([C@@H](C(=O)N2CCCC[C@H]2C(=O)O[C@H](C)[C@@H](C)C=C)C2CCCCC2)cc(OC)c1OC)CO[Si](C)(C)C(C)(C)C. The van der Waals surface area contributed by atoms with E-state index in [0.29, 0.717) is 43.4 Å². The van der Waals surface area contributed by atoms with E-state index in [0.717, 1.165) is 50.5 Å². The second-order valence-corrected chi connectivity index (χ2v) is 20.3. The predicted molar refractivity (Wildman–Crippen MR) is 202 cm³/mol. The van der Waals surface area contributed by atoms with Crippen molar-refractivity contribution in [3.63, 3.8) is 0 Å². The van der Waals surface area contributed by atoms with Gasteiger partial charge in [0.2, 0.25) is 11.7 Å². The van der Waals surface area contributed by atoms with Crippen molar-refractivity contribution in [1.82, 2.24) is 4.90 Å². The smallest absolute Gasteiger partial charge is 0.329 e. The van der Waals surface area contributed by atoms with E-state index in [2.05, 4.69) is 47.0 Å². The Morgan fingerprint density at radius 2 is 1.62 bits per heavy atom. The maximum Gasteiger partial charge on any atom is 0.329 e. The lowest BCUT2D eigenvalue weighted by molar-refractivity contribution is -0.163. The molecular weight excluding hydrogens is 651 g/mol. The van der Waals surface area contributed by atoms with E-state index in [1.54, 1.807) is 31.3 Å². The molecule has 1 amide bonds. The van der Waals surface area contributed by atoms with Gasteiger partial charge in [0.15, 0.2) is 19.8 Å². The number of amides is 1. The number of ether oxygens (including phenoxy) is 5. The molecular formula is C40H65NO8Si. The van der Waals surface area contributed by atoms with Gasteiger partial charge in [0.1, 0.15) is 24.9 Å². The fourth-order valence-corrected chi connectivity index (χ4v) is 7.58. The summed E-state index contributed by atoms with van der Waals surface area (Å²) in [4.78, 5) is 30.2. The van der Waals surface area contributed by atoms with E-state index >= 15 is 0 Å². The topological polar surface area (TPSA) is 92.8 Å². The molecule has 0 N–H and O–H groups in total. The second kappa shape index (κ2) is 19.1. The Balaban J connectivity index is 1.98. The van der Waals surface area contributed by atoms with Crippen LogP contribution in [-0.4, -0.2) is 83.9 Å². The zero-order valence-electron chi connectivity index (χ0n) is 32.4. The number of methoxy groups -OCH3 is 2. The maximum absolute atomic E-state index is 14.8. The fraction of sp³-hybridized carbons (Fsp3) is 0.700. The first-order valence-corrected chi connectivity index (χ1v) is 21.5. The molecule has 5 atom stereocenters. The molecule has 0 aromatic heterocycles. The van der Waals surface area contributed by atoms with Crippen LogP contribution >= 0.6 is 0 Å². The molecule has 2 fully saturated rings. The van der Waals surface area contributed by atoms with Gasteiger partial charge in [-0.1, -0.05) is 59.1 Å². The maximum atomic E-state index is 14.8. The highest BCUT2D eigenvalue weighted by atomic mass is 28.4. The molecule has 1 saturated heterocycles. The predicted octanol–water partition coefficient (Wildman–Crippen LogP) is 8.47. The summed E-state index contributed by atoms with van der Waals surface area (Å²) in [7, 11) is 1.14. The van der Waals surface area contributed by atoms with Gasteiger partial charge in [-0.05, 0) is 80.8 Å². The quantitative estimate of drug-likeness (QED) is 0.0850. The van der Waals surface area contributed by atoms with Gasteiger partial charge in [-0.15, -0.1) is 13.2 Å². The summed E-state index contributed by atoms with van der Waals surface area (Å²) in [5.74, 6) is 0.649. The average Bonchev–Trinajstić information content (AvgIpc) is 3.10. The normalized spacial score (nSPS) is 19.9. The molecule has 1 aliphatic heterocycles. The first kappa shape index (κ1) is 41.6. The number of esters is 1. The number of benzene rings is 1. The Kier molecular flexibility index (Phi) is 15.9. The van der Waals surface area contributed by atoms with Gasteiger partial charge < -0.3 is 33.0 Å². The molecule has 1 aromatic carbocycles. The fourth-order valence-electron chi connectivity index (χ4n) is 6.55. The number of piperidine rings is 1. The van der Waals surface area contributed by atoms with Gasteiger partial charge in [-0.2, -0.15) is 0 Å². The third kappa shape index (κ3) is 10.8.